The Morgan fingerprint density at radius 3 is 2.82 bits per heavy atom. The number of pyridine rings is 1. The van der Waals surface area contributed by atoms with Crippen LogP contribution in [0.2, 0.25) is 0 Å². The number of fused-ring (bicyclic) bond motifs is 1. The second-order valence-corrected chi connectivity index (χ2v) is 7.68. The summed E-state index contributed by atoms with van der Waals surface area (Å²) in [6.45, 7) is 3.50. The van der Waals surface area contributed by atoms with Crippen molar-refractivity contribution in [2.45, 2.75) is 13.1 Å². The largest absolute Gasteiger partial charge is 0.379 e. The summed E-state index contributed by atoms with van der Waals surface area (Å²) < 4.78 is 7.76. The molecule has 2 aromatic heterocycles. The third-order valence-corrected chi connectivity index (χ3v) is 5.83. The number of carbonyl (C=O) groups is 1. The number of nitriles is 1. The Labute approximate surface area is 166 Å². The number of carbonyl (C=O) groups excluding carboxylic acids is 1. The number of nitrogens with zero attached hydrogens (tertiary/aromatic N) is 3. The van der Waals surface area contributed by atoms with E-state index >= 15 is 0 Å². The standard InChI is InChI=1S/C21H19N3O3S/c22-10-16-9-15(11-23-5-7-27-8-6-23)12-24(21(16)26)13-19(25)18-14-28-20-4-2-1-3-17(18)20/h1-4,9,12,14H,5-8,11,13H2. The van der Waals surface area contributed by atoms with Gasteiger partial charge in [0, 0.05) is 46.9 Å². The highest BCUT2D eigenvalue weighted by molar-refractivity contribution is 7.17. The first-order valence-electron chi connectivity index (χ1n) is 9.08. The van der Waals surface area contributed by atoms with Crippen LogP contribution in [0.15, 0.2) is 46.7 Å². The van der Waals surface area contributed by atoms with Gasteiger partial charge in [0.05, 0.1) is 19.8 Å². The van der Waals surface area contributed by atoms with Gasteiger partial charge in [0.25, 0.3) is 5.56 Å². The monoisotopic (exact) mass is 393 g/mol. The van der Waals surface area contributed by atoms with Crippen LogP contribution >= 0.6 is 11.3 Å². The zero-order valence-corrected chi connectivity index (χ0v) is 16.1. The van der Waals surface area contributed by atoms with E-state index in [4.69, 9.17) is 4.74 Å². The van der Waals surface area contributed by atoms with Gasteiger partial charge in [0.15, 0.2) is 5.78 Å². The van der Waals surface area contributed by atoms with E-state index in [0.29, 0.717) is 25.3 Å². The molecule has 1 aromatic carbocycles. The average molecular weight is 393 g/mol. The topological polar surface area (TPSA) is 75.3 Å². The maximum Gasteiger partial charge on any atom is 0.268 e. The van der Waals surface area contributed by atoms with Gasteiger partial charge < -0.3 is 9.30 Å². The fourth-order valence-corrected chi connectivity index (χ4v) is 4.40. The Balaban J connectivity index is 1.62. The minimum absolute atomic E-state index is 0.0636. The van der Waals surface area contributed by atoms with E-state index in [1.165, 1.54) is 15.9 Å². The van der Waals surface area contributed by atoms with Crippen molar-refractivity contribution in [3.63, 3.8) is 0 Å². The van der Waals surface area contributed by atoms with Gasteiger partial charge in [-0.1, -0.05) is 18.2 Å². The van der Waals surface area contributed by atoms with Gasteiger partial charge >= 0.3 is 0 Å². The third kappa shape index (κ3) is 3.76. The molecule has 0 atom stereocenters. The second kappa shape index (κ2) is 8.07. The van der Waals surface area contributed by atoms with Crippen molar-refractivity contribution >= 4 is 27.2 Å². The summed E-state index contributed by atoms with van der Waals surface area (Å²) in [4.78, 5) is 27.7. The van der Waals surface area contributed by atoms with Crippen LogP contribution in [0.5, 0.6) is 0 Å². The molecule has 1 aliphatic rings. The summed E-state index contributed by atoms with van der Waals surface area (Å²) in [5, 5.41) is 12.1. The van der Waals surface area contributed by atoms with Crippen LogP contribution in [0.1, 0.15) is 21.5 Å². The van der Waals surface area contributed by atoms with Gasteiger partial charge in [-0.15, -0.1) is 11.3 Å². The molecular weight excluding hydrogens is 374 g/mol. The number of aromatic nitrogens is 1. The van der Waals surface area contributed by atoms with Crippen LogP contribution in [-0.4, -0.2) is 41.6 Å². The normalized spacial score (nSPS) is 14.8. The Morgan fingerprint density at radius 1 is 1.25 bits per heavy atom. The van der Waals surface area contributed by atoms with E-state index in [-0.39, 0.29) is 17.9 Å². The van der Waals surface area contributed by atoms with Crippen molar-refractivity contribution in [3.05, 3.63) is 69.0 Å². The summed E-state index contributed by atoms with van der Waals surface area (Å²) in [5.41, 5.74) is 1.10. The summed E-state index contributed by atoms with van der Waals surface area (Å²) in [5.74, 6) is -0.132. The molecule has 0 saturated carbocycles. The fourth-order valence-electron chi connectivity index (χ4n) is 3.43. The number of thiophene rings is 1. The first-order valence-corrected chi connectivity index (χ1v) is 9.96. The quantitative estimate of drug-likeness (QED) is 0.623. The molecule has 142 valence electrons. The first-order chi connectivity index (χ1) is 13.7. The number of Topliss-reactive ketones (excluding diaryl/α,β-unsaturated/α-hetero) is 1. The van der Waals surface area contributed by atoms with Crippen LogP contribution in [0.3, 0.4) is 0 Å². The highest BCUT2D eigenvalue weighted by atomic mass is 32.1. The van der Waals surface area contributed by atoms with E-state index in [2.05, 4.69) is 4.90 Å². The highest BCUT2D eigenvalue weighted by Crippen LogP contribution is 2.26. The van der Waals surface area contributed by atoms with E-state index in [1.54, 1.807) is 12.3 Å². The van der Waals surface area contributed by atoms with E-state index in [9.17, 15) is 14.9 Å². The van der Waals surface area contributed by atoms with Crippen LogP contribution in [-0.2, 0) is 17.8 Å². The first kappa shape index (κ1) is 18.6. The van der Waals surface area contributed by atoms with Gasteiger partial charge in [-0.2, -0.15) is 5.26 Å². The van der Waals surface area contributed by atoms with Crippen molar-refractivity contribution in [2.24, 2.45) is 0 Å². The average Bonchev–Trinajstić information content (AvgIpc) is 3.15. The van der Waals surface area contributed by atoms with E-state index in [0.717, 1.165) is 28.7 Å². The maximum atomic E-state index is 12.9. The van der Waals surface area contributed by atoms with E-state index in [1.807, 2.05) is 35.7 Å². The molecule has 1 saturated heterocycles. The fraction of sp³-hybridized carbons (Fsp3) is 0.286. The second-order valence-electron chi connectivity index (χ2n) is 6.76. The molecule has 3 heterocycles. The molecule has 7 heteroatoms. The third-order valence-electron chi connectivity index (χ3n) is 4.87. The van der Waals surface area contributed by atoms with Gasteiger partial charge in [-0.3, -0.25) is 14.5 Å². The number of morpholine rings is 1. The molecular formula is C21H19N3O3S. The molecule has 6 nitrogen and oxygen atoms in total. The van der Waals surface area contributed by atoms with Crippen LogP contribution in [0, 0.1) is 11.3 Å². The van der Waals surface area contributed by atoms with Crippen LogP contribution < -0.4 is 5.56 Å². The molecule has 1 fully saturated rings. The predicted molar refractivity (Wildman–Crippen MR) is 108 cm³/mol. The lowest BCUT2D eigenvalue weighted by Crippen LogP contribution is -2.36. The SMILES string of the molecule is N#Cc1cc(CN2CCOCC2)cn(CC(=O)c2csc3ccccc23)c1=O. The molecule has 28 heavy (non-hydrogen) atoms. The lowest BCUT2D eigenvalue weighted by molar-refractivity contribution is 0.0341. The summed E-state index contributed by atoms with van der Waals surface area (Å²) >= 11 is 1.51. The molecule has 3 aromatic rings. The van der Waals surface area contributed by atoms with Gasteiger partial charge in [-0.25, -0.2) is 0 Å². The molecule has 0 radical (unpaired) electrons. The van der Waals surface area contributed by atoms with Crippen molar-refractivity contribution in [2.75, 3.05) is 26.3 Å². The summed E-state index contributed by atoms with van der Waals surface area (Å²) in [6, 6.07) is 11.3. The van der Waals surface area contributed by atoms with Gasteiger partial charge in [0.2, 0.25) is 0 Å². The number of benzene rings is 1. The number of rotatable bonds is 5. The molecule has 4 rings (SSSR count). The van der Waals surface area contributed by atoms with Crippen LogP contribution in [0.4, 0.5) is 0 Å². The van der Waals surface area contributed by atoms with Crippen molar-refractivity contribution in [3.8, 4) is 6.07 Å². The van der Waals surface area contributed by atoms with Crippen LogP contribution in [0.25, 0.3) is 10.1 Å². The molecule has 0 N–H and O–H groups in total. The lowest BCUT2D eigenvalue weighted by Gasteiger charge is -2.26. The Hall–Kier alpha value is -2.79. The number of ketones is 1. The van der Waals surface area contributed by atoms with Gasteiger partial charge in [-0.05, 0) is 17.7 Å². The van der Waals surface area contributed by atoms with Gasteiger partial charge in [0.1, 0.15) is 11.6 Å². The molecule has 1 aliphatic heterocycles. The summed E-state index contributed by atoms with van der Waals surface area (Å²) in [6.07, 6.45) is 1.70. The molecule has 0 unspecified atom stereocenters. The minimum atomic E-state index is -0.430. The van der Waals surface area contributed by atoms with E-state index < -0.39 is 5.56 Å². The van der Waals surface area contributed by atoms with Crippen molar-refractivity contribution in [1.29, 1.82) is 5.26 Å². The smallest absolute Gasteiger partial charge is 0.268 e. The molecule has 0 amide bonds. The zero-order chi connectivity index (χ0) is 19.5. The zero-order valence-electron chi connectivity index (χ0n) is 15.3. The Kier molecular flexibility index (Phi) is 5.35. The molecule has 0 spiro atoms. The summed E-state index contributed by atoms with van der Waals surface area (Å²) in [7, 11) is 0. The number of hydrogen-bond donors (Lipinski definition) is 0. The predicted octanol–water partition coefficient (Wildman–Crippen LogP) is 2.65. The molecule has 0 bridgehead atoms. The Bertz CT molecular complexity index is 1120. The lowest BCUT2D eigenvalue weighted by atomic mass is 10.1. The minimum Gasteiger partial charge on any atom is -0.379 e. The number of hydrogen-bond acceptors (Lipinski definition) is 6. The van der Waals surface area contributed by atoms with Crippen molar-refractivity contribution < 1.29 is 9.53 Å². The molecule has 0 aliphatic carbocycles. The maximum absolute atomic E-state index is 12.9. The Morgan fingerprint density at radius 2 is 2.04 bits per heavy atom. The van der Waals surface area contributed by atoms with Crippen molar-refractivity contribution in [1.82, 2.24) is 9.47 Å². The number of ether oxygens (including phenoxy) is 1. The highest BCUT2D eigenvalue weighted by Gasteiger charge is 2.17.